The van der Waals surface area contributed by atoms with E-state index < -0.39 is 0 Å². The SMILES string of the molecule is CCSc1ccc(CNCCC(C)CN)cc1. The predicted molar refractivity (Wildman–Crippen MR) is 77.4 cm³/mol. The average molecular weight is 252 g/mol. The number of thioether (sulfide) groups is 1. The van der Waals surface area contributed by atoms with Gasteiger partial charge in [-0.25, -0.2) is 0 Å². The lowest BCUT2D eigenvalue weighted by atomic mass is 10.1. The molecule has 1 atom stereocenters. The Labute approximate surface area is 109 Å². The lowest BCUT2D eigenvalue weighted by Gasteiger charge is -2.09. The molecule has 17 heavy (non-hydrogen) atoms. The van der Waals surface area contributed by atoms with Crippen molar-refractivity contribution in [1.82, 2.24) is 5.32 Å². The number of benzene rings is 1. The summed E-state index contributed by atoms with van der Waals surface area (Å²) in [6.07, 6.45) is 1.15. The van der Waals surface area contributed by atoms with E-state index in [4.69, 9.17) is 5.73 Å². The molecule has 3 heteroatoms. The molecule has 0 aliphatic heterocycles. The van der Waals surface area contributed by atoms with Crippen molar-refractivity contribution in [3.8, 4) is 0 Å². The second kappa shape index (κ2) is 8.56. The standard InChI is InChI=1S/C14H24N2S/c1-3-17-14-6-4-13(5-7-14)11-16-9-8-12(2)10-15/h4-7,12,16H,3,8-11,15H2,1-2H3. The highest BCUT2D eigenvalue weighted by molar-refractivity contribution is 7.99. The van der Waals surface area contributed by atoms with Crippen LogP contribution in [0, 0.1) is 5.92 Å². The first-order chi connectivity index (χ1) is 8.26. The summed E-state index contributed by atoms with van der Waals surface area (Å²) in [4.78, 5) is 1.35. The van der Waals surface area contributed by atoms with Gasteiger partial charge in [-0.05, 0) is 48.9 Å². The van der Waals surface area contributed by atoms with Gasteiger partial charge in [0, 0.05) is 11.4 Å². The largest absolute Gasteiger partial charge is 0.330 e. The highest BCUT2D eigenvalue weighted by Crippen LogP contribution is 2.17. The third-order valence-electron chi connectivity index (χ3n) is 2.78. The van der Waals surface area contributed by atoms with Gasteiger partial charge >= 0.3 is 0 Å². The van der Waals surface area contributed by atoms with E-state index in [1.165, 1.54) is 10.5 Å². The van der Waals surface area contributed by atoms with Crippen LogP contribution in [0.25, 0.3) is 0 Å². The zero-order chi connectivity index (χ0) is 12.5. The van der Waals surface area contributed by atoms with Crippen LogP contribution in [-0.2, 0) is 6.54 Å². The van der Waals surface area contributed by atoms with Gasteiger partial charge in [-0.1, -0.05) is 26.0 Å². The maximum Gasteiger partial charge on any atom is 0.0205 e. The summed E-state index contributed by atoms with van der Waals surface area (Å²) in [5.74, 6) is 1.75. The van der Waals surface area contributed by atoms with Gasteiger partial charge in [0.1, 0.15) is 0 Å². The Bertz CT molecular complexity index is 298. The Kier molecular flexibility index (Phi) is 7.33. The van der Waals surface area contributed by atoms with Crippen LogP contribution >= 0.6 is 11.8 Å². The van der Waals surface area contributed by atoms with Gasteiger partial charge in [0.15, 0.2) is 0 Å². The average Bonchev–Trinajstić information content (AvgIpc) is 2.36. The molecule has 0 aliphatic carbocycles. The molecular weight excluding hydrogens is 228 g/mol. The molecule has 1 rings (SSSR count). The van der Waals surface area contributed by atoms with Crippen LogP contribution in [0.4, 0.5) is 0 Å². The van der Waals surface area contributed by atoms with E-state index >= 15 is 0 Å². The van der Waals surface area contributed by atoms with E-state index in [0.717, 1.165) is 31.8 Å². The Morgan fingerprint density at radius 3 is 2.59 bits per heavy atom. The molecular formula is C14H24N2S. The first-order valence-electron chi connectivity index (χ1n) is 6.38. The molecule has 3 N–H and O–H groups in total. The third-order valence-corrected chi connectivity index (χ3v) is 3.67. The van der Waals surface area contributed by atoms with Crippen LogP contribution in [-0.4, -0.2) is 18.8 Å². The molecule has 1 aromatic carbocycles. The van der Waals surface area contributed by atoms with Crippen LogP contribution in [0.1, 0.15) is 25.8 Å². The Hall–Kier alpha value is -0.510. The number of rotatable bonds is 8. The summed E-state index contributed by atoms with van der Waals surface area (Å²) in [5, 5.41) is 3.46. The van der Waals surface area contributed by atoms with Crippen LogP contribution in [0.5, 0.6) is 0 Å². The van der Waals surface area contributed by atoms with Crippen molar-refractivity contribution in [1.29, 1.82) is 0 Å². The number of nitrogens with one attached hydrogen (secondary N) is 1. The summed E-state index contributed by atoms with van der Waals surface area (Å²) in [5.41, 5.74) is 6.93. The van der Waals surface area contributed by atoms with Gasteiger partial charge in [0.25, 0.3) is 0 Å². The molecule has 0 heterocycles. The number of hydrogen-bond donors (Lipinski definition) is 2. The minimum atomic E-state index is 0.617. The molecule has 0 fully saturated rings. The van der Waals surface area contributed by atoms with Crippen molar-refractivity contribution in [2.45, 2.75) is 31.7 Å². The van der Waals surface area contributed by atoms with Gasteiger partial charge in [0.05, 0.1) is 0 Å². The zero-order valence-electron chi connectivity index (χ0n) is 10.9. The van der Waals surface area contributed by atoms with Gasteiger partial charge in [-0.15, -0.1) is 11.8 Å². The van der Waals surface area contributed by atoms with E-state index in [0.29, 0.717) is 5.92 Å². The monoisotopic (exact) mass is 252 g/mol. The van der Waals surface area contributed by atoms with Crippen LogP contribution in [0.2, 0.25) is 0 Å². The van der Waals surface area contributed by atoms with Crippen molar-refractivity contribution in [2.24, 2.45) is 11.7 Å². The fraction of sp³-hybridized carbons (Fsp3) is 0.571. The maximum atomic E-state index is 5.58. The number of hydrogen-bond acceptors (Lipinski definition) is 3. The Balaban J connectivity index is 2.23. The molecule has 0 saturated heterocycles. The van der Waals surface area contributed by atoms with Crippen LogP contribution in [0.3, 0.4) is 0 Å². The molecule has 0 aromatic heterocycles. The number of nitrogens with two attached hydrogens (primary N) is 1. The van der Waals surface area contributed by atoms with Gasteiger partial charge in [-0.3, -0.25) is 0 Å². The van der Waals surface area contributed by atoms with Crippen molar-refractivity contribution in [3.63, 3.8) is 0 Å². The van der Waals surface area contributed by atoms with E-state index in [1.807, 2.05) is 11.8 Å². The Morgan fingerprint density at radius 1 is 1.29 bits per heavy atom. The third kappa shape index (κ3) is 6.10. The van der Waals surface area contributed by atoms with Gasteiger partial charge < -0.3 is 11.1 Å². The molecule has 0 amide bonds. The second-order valence-corrected chi connectivity index (χ2v) is 5.72. The minimum absolute atomic E-state index is 0.617. The van der Waals surface area contributed by atoms with E-state index in [9.17, 15) is 0 Å². The lowest BCUT2D eigenvalue weighted by Crippen LogP contribution is -2.20. The van der Waals surface area contributed by atoms with Crippen molar-refractivity contribution in [3.05, 3.63) is 29.8 Å². The summed E-state index contributed by atoms with van der Waals surface area (Å²) in [6, 6.07) is 8.82. The molecule has 0 aliphatic rings. The summed E-state index contributed by atoms with van der Waals surface area (Å²) in [7, 11) is 0. The lowest BCUT2D eigenvalue weighted by molar-refractivity contribution is 0.509. The van der Waals surface area contributed by atoms with E-state index in [2.05, 4.69) is 43.4 Å². The maximum absolute atomic E-state index is 5.58. The minimum Gasteiger partial charge on any atom is -0.330 e. The van der Waals surface area contributed by atoms with E-state index in [-0.39, 0.29) is 0 Å². The summed E-state index contributed by atoms with van der Waals surface area (Å²) in [6.45, 7) is 7.15. The topological polar surface area (TPSA) is 38.0 Å². The molecule has 1 aromatic rings. The molecule has 2 nitrogen and oxygen atoms in total. The van der Waals surface area contributed by atoms with Crippen LogP contribution in [0.15, 0.2) is 29.2 Å². The van der Waals surface area contributed by atoms with Crippen molar-refractivity contribution in [2.75, 3.05) is 18.8 Å². The molecule has 1 unspecified atom stereocenters. The Morgan fingerprint density at radius 2 is 2.00 bits per heavy atom. The van der Waals surface area contributed by atoms with Crippen molar-refractivity contribution < 1.29 is 0 Å². The molecule has 96 valence electrons. The first-order valence-corrected chi connectivity index (χ1v) is 7.37. The molecule has 0 radical (unpaired) electrons. The smallest absolute Gasteiger partial charge is 0.0205 e. The highest BCUT2D eigenvalue weighted by atomic mass is 32.2. The van der Waals surface area contributed by atoms with E-state index in [1.54, 1.807) is 0 Å². The molecule has 0 saturated carbocycles. The van der Waals surface area contributed by atoms with Crippen molar-refractivity contribution >= 4 is 11.8 Å². The highest BCUT2D eigenvalue weighted by Gasteiger charge is 1.98. The zero-order valence-corrected chi connectivity index (χ0v) is 11.7. The normalized spacial score (nSPS) is 12.6. The second-order valence-electron chi connectivity index (χ2n) is 4.38. The molecule has 0 bridgehead atoms. The fourth-order valence-corrected chi connectivity index (χ4v) is 2.23. The summed E-state index contributed by atoms with van der Waals surface area (Å²) < 4.78 is 0. The van der Waals surface area contributed by atoms with Gasteiger partial charge in [0.2, 0.25) is 0 Å². The van der Waals surface area contributed by atoms with Gasteiger partial charge in [-0.2, -0.15) is 0 Å². The van der Waals surface area contributed by atoms with Crippen LogP contribution < -0.4 is 11.1 Å². The fourth-order valence-electron chi connectivity index (χ4n) is 1.57. The molecule has 0 spiro atoms. The predicted octanol–water partition coefficient (Wildman–Crippen LogP) is 2.87. The summed E-state index contributed by atoms with van der Waals surface area (Å²) >= 11 is 1.88. The first kappa shape index (κ1) is 14.6. The quantitative estimate of drug-likeness (QED) is 0.552.